The van der Waals surface area contributed by atoms with Gasteiger partial charge in [-0.15, -0.1) is 0 Å². The maximum Gasteiger partial charge on any atom is 0.324 e. The van der Waals surface area contributed by atoms with Gasteiger partial charge in [0.1, 0.15) is 17.3 Å². The smallest absolute Gasteiger partial charge is 0.324 e. The molecule has 0 saturated carbocycles. The number of aromatic nitrogens is 5. The number of carbonyl (C=O) groups excluding carboxylic acids is 1. The first kappa shape index (κ1) is 23.0. The second-order valence-electron chi connectivity index (χ2n) is 8.60. The van der Waals surface area contributed by atoms with Gasteiger partial charge in [0.05, 0.1) is 23.1 Å². The lowest BCUT2D eigenvalue weighted by Crippen LogP contribution is -2.24. The maximum atomic E-state index is 14.6. The number of carbonyl (C=O) groups is 1. The lowest BCUT2D eigenvalue weighted by atomic mass is 10.1. The van der Waals surface area contributed by atoms with E-state index in [1.54, 1.807) is 52.2 Å². The molecule has 4 rings (SSSR count). The summed E-state index contributed by atoms with van der Waals surface area (Å²) in [6.45, 7) is 8.75. The SMILES string of the molecule is CCn1cc(-c2cc(Oc3ccc(NC(=O)Nc4ccn(C(C)(C)C)n4)c(F)c3)ccn2)cn1. The lowest BCUT2D eigenvalue weighted by molar-refractivity contribution is 0.262. The van der Waals surface area contributed by atoms with Crippen molar-refractivity contribution < 1.29 is 13.9 Å². The van der Waals surface area contributed by atoms with Crippen LogP contribution in [0.3, 0.4) is 0 Å². The van der Waals surface area contributed by atoms with E-state index < -0.39 is 11.8 Å². The fourth-order valence-corrected chi connectivity index (χ4v) is 3.13. The van der Waals surface area contributed by atoms with Gasteiger partial charge in [-0.3, -0.25) is 19.7 Å². The summed E-state index contributed by atoms with van der Waals surface area (Å²) in [4.78, 5) is 16.6. The average molecular weight is 464 g/mol. The van der Waals surface area contributed by atoms with Gasteiger partial charge in [-0.25, -0.2) is 9.18 Å². The van der Waals surface area contributed by atoms with Gasteiger partial charge in [0, 0.05) is 48.9 Å². The molecule has 4 aromatic rings. The summed E-state index contributed by atoms with van der Waals surface area (Å²) in [5, 5.41) is 13.6. The fourth-order valence-electron chi connectivity index (χ4n) is 3.13. The Kier molecular flexibility index (Phi) is 6.31. The summed E-state index contributed by atoms with van der Waals surface area (Å²) in [5.41, 5.74) is 1.35. The average Bonchev–Trinajstić information content (AvgIpc) is 3.45. The van der Waals surface area contributed by atoms with Crippen molar-refractivity contribution in [1.82, 2.24) is 24.5 Å². The molecule has 0 spiro atoms. The van der Waals surface area contributed by atoms with Crippen LogP contribution in [0, 0.1) is 5.82 Å². The van der Waals surface area contributed by atoms with Crippen molar-refractivity contribution >= 4 is 17.5 Å². The van der Waals surface area contributed by atoms with Gasteiger partial charge in [-0.05, 0) is 45.9 Å². The summed E-state index contributed by atoms with van der Waals surface area (Å²) >= 11 is 0. The largest absolute Gasteiger partial charge is 0.457 e. The van der Waals surface area contributed by atoms with E-state index in [2.05, 4.69) is 25.8 Å². The number of anilines is 2. The van der Waals surface area contributed by atoms with Crippen LogP contribution in [0.5, 0.6) is 11.5 Å². The van der Waals surface area contributed by atoms with Gasteiger partial charge in [-0.2, -0.15) is 10.2 Å². The summed E-state index contributed by atoms with van der Waals surface area (Å²) in [6.07, 6.45) is 7.01. The van der Waals surface area contributed by atoms with Crippen molar-refractivity contribution in [3.63, 3.8) is 0 Å². The van der Waals surface area contributed by atoms with Gasteiger partial charge in [0.2, 0.25) is 0 Å². The van der Waals surface area contributed by atoms with Crippen molar-refractivity contribution in [1.29, 1.82) is 0 Å². The first-order valence-corrected chi connectivity index (χ1v) is 10.8. The normalized spacial score (nSPS) is 11.3. The molecule has 0 bridgehead atoms. The van der Waals surface area contributed by atoms with Crippen LogP contribution in [0.4, 0.5) is 20.7 Å². The monoisotopic (exact) mass is 463 g/mol. The van der Waals surface area contributed by atoms with Crippen LogP contribution in [0.2, 0.25) is 0 Å². The van der Waals surface area contributed by atoms with Crippen molar-refractivity contribution in [2.75, 3.05) is 10.6 Å². The number of aryl methyl sites for hydroxylation is 1. The maximum absolute atomic E-state index is 14.6. The van der Waals surface area contributed by atoms with Gasteiger partial charge in [0.15, 0.2) is 5.82 Å². The van der Waals surface area contributed by atoms with Crippen LogP contribution in [0.25, 0.3) is 11.3 Å². The third-order valence-corrected chi connectivity index (χ3v) is 4.93. The number of ether oxygens (including phenoxy) is 1. The molecule has 0 unspecified atom stereocenters. The molecular formula is C24H26FN7O2. The molecule has 0 atom stereocenters. The van der Waals surface area contributed by atoms with Crippen molar-refractivity contribution in [2.24, 2.45) is 0 Å². The molecule has 34 heavy (non-hydrogen) atoms. The van der Waals surface area contributed by atoms with E-state index in [1.165, 1.54) is 12.1 Å². The van der Waals surface area contributed by atoms with Crippen LogP contribution < -0.4 is 15.4 Å². The minimum absolute atomic E-state index is 0.0162. The first-order chi connectivity index (χ1) is 16.2. The second-order valence-corrected chi connectivity index (χ2v) is 8.60. The van der Waals surface area contributed by atoms with E-state index in [9.17, 15) is 9.18 Å². The zero-order valence-corrected chi connectivity index (χ0v) is 19.4. The number of hydrogen-bond donors (Lipinski definition) is 2. The Balaban J connectivity index is 1.41. The van der Waals surface area contributed by atoms with E-state index in [1.807, 2.05) is 33.9 Å². The van der Waals surface area contributed by atoms with Gasteiger partial charge in [0.25, 0.3) is 0 Å². The Morgan fingerprint density at radius 3 is 2.59 bits per heavy atom. The number of benzene rings is 1. The van der Waals surface area contributed by atoms with E-state index in [0.717, 1.165) is 12.1 Å². The van der Waals surface area contributed by atoms with Crippen molar-refractivity contribution in [3.05, 3.63) is 67.0 Å². The highest BCUT2D eigenvalue weighted by Gasteiger charge is 2.15. The predicted molar refractivity (Wildman–Crippen MR) is 127 cm³/mol. The zero-order chi connectivity index (χ0) is 24.3. The number of nitrogens with one attached hydrogen (secondary N) is 2. The van der Waals surface area contributed by atoms with Crippen LogP contribution in [-0.4, -0.2) is 30.6 Å². The molecule has 10 heteroatoms. The molecule has 176 valence electrons. The summed E-state index contributed by atoms with van der Waals surface area (Å²) in [7, 11) is 0. The Morgan fingerprint density at radius 2 is 1.91 bits per heavy atom. The molecular weight excluding hydrogens is 437 g/mol. The summed E-state index contributed by atoms with van der Waals surface area (Å²) in [5.74, 6) is 0.521. The minimum Gasteiger partial charge on any atom is -0.457 e. The van der Waals surface area contributed by atoms with E-state index in [0.29, 0.717) is 17.3 Å². The standard InChI is InChI=1S/C24H26FN7O2/c1-5-31-15-16(14-27-31)21-13-18(8-10-26-21)34-17-6-7-20(19(25)12-17)28-23(33)29-22-9-11-32(30-22)24(2,3)4/h6-15H,5H2,1-4H3,(H2,28,29,30,33). The molecule has 0 aliphatic carbocycles. The van der Waals surface area contributed by atoms with Crippen LogP contribution >= 0.6 is 0 Å². The van der Waals surface area contributed by atoms with Crippen LogP contribution in [0.1, 0.15) is 27.7 Å². The number of amides is 2. The molecule has 1 aromatic carbocycles. The molecule has 0 aliphatic heterocycles. The van der Waals surface area contributed by atoms with Crippen molar-refractivity contribution in [3.8, 4) is 22.8 Å². The number of rotatable bonds is 6. The Bertz CT molecular complexity index is 1310. The molecule has 0 aliphatic rings. The van der Waals surface area contributed by atoms with Gasteiger partial charge >= 0.3 is 6.03 Å². The predicted octanol–water partition coefficient (Wildman–Crippen LogP) is 5.49. The summed E-state index contributed by atoms with van der Waals surface area (Å²) in [6, 6.07) is 8.73. The molecule has 9 nitrogen and oxygen atoms in total. The Labute approximate surface area is 196 Å². The summed E-state index contributed by atoms with van der Waals surface area (Å²) < 4.78 is 24.0. The third kappa shape index (κ3) is 5.40. The number of halogens is 1. The molecule has 0 saturated heterocycles. The number of hydrogen-bond acceptors (Lipinski definition) is 5. The van der Waals surface area contributed by atoms with E-state index in [-0.39, 0.29) is 17.0 Å². The van der Waals surface area contributed by atoms with Gasteiger partial charge in [-0.1, -0.05) is 0 Å². The highest BCUT2D eigenvalue weighted by molar-refractivity contribution is 5.99. The molecule has 0 radical (unpaired) electrons. The topological polar surface area (TPSA) is 98.9 Å². The number of pyridine rings is 1. The van der Waals surface area contributed by atoms with E-state index in [4.69, 9.17) is 4.74 Å². The quantitative estimate of drug-likeness (QED) is 0.394. The zero-order valence-electron chi connectivity index (χ0n) is 19.4. The van der Waals surface area contributed by atoms with Crippen LogP contribution in [-0.2, 0) is 12.1 Å². The number of nitrogens with zero attached hydrogens (tertiary/aromatic N) is 5. The number of urea groups is 1. The lowest BCUT2D eigenvalue weighted by Gasteiger charge is -2.18. The van der Waals surface area contributed by atoms with Crippen molar-refractivity contribution in [2.45, 2.75) is 39.8 Å². The fraction of sp³-hybridized carbons (Fsp3) is 0.250. The molecule has 3 aromatic heterocycles. The van der Waals surface area contributed by atoms with Crippen LogP contribution in [0.15, 0.2) is 61.2 Å². The molecule has 0 fully saturated rings. The second kappa shape index (κ2) is 9.34. The first-order valence-electron chi connectivity index (χ1n) is 10.8. The molecule has 2 amide bonds. The van der Waals surface area contributed by atoms with E-state index >= 15 is 0 Å². The molecule has 2 N–H and O–H groups in total. The minimum atomic E-state index is -0.633. The Morgan fingerprint density at radius 1 is 1.12 bits per heavy atom. The highest BCUT2D eigenvalue weighted by atomic mass is 19.1. The molecule has 3 heterocycles. The van der Waals surface area contributed by atoms with Gasteiger partial charge < -0.3 is 10.1 Å². The highest BCUT2D eigenvalue weighted by Crippen LogP contribution is 2.28. The Hall–Kier alpha value is -4.21. The third-order valence-electron chi connectivity index (χ3n) is 4.93.